The van der Waals surface area contributed by atoms with Gasteiger partial charge < -0.3 is 14.4 Å². The van der Waals surface area contributed by atoms with Crippen molar-refractivity contribution in [2.24, 2.45) is 0 Å². The van der Waals surface area contributed by atoms with Gasteiger partial charge in [0.2, 0.25) is 0 Å². The summed E-state index contributed by atoms with van der Waals surface area (Å²) in [5, 5.41) is 10.1. The number of carbonyl (C=O) groups excluding carboxylic acids is 1. The second-order valence-corrected chi connectivity index (χ2v) is 9.50. The van der Waals surface area contributed by atoms with Crippen LogP contribution in [0.4, 0.5) is 10.5 Å². The van der Waals surface area contributed by atoms with Gasteiger partial charge in [0.1, 0.15) is 5.82 Å². The second-order valence-electron chi connectivity index (χ2n) is 9.50. The molecule has 2 aliphatic rings. The van der Waals surface area contributed by atoms with Gasteiger partial charge in [0.05, 0.1) is 29.7 Å². The Bertz CT molecular complexity index is 1210. The molecule has 1 aliphatic carbocycles. The first-order valence-electron chi connectivity index (χ1n) is 12.2. The van der Waals surface area contributed by atoms with Crippen LogP contribution in [-0.4, -0.2) is 39.9 Å². The maximum absolute atomic E-state index is 12.5. The highest BCUT2D eigenvalue weighted by Crippen LogP contribution is 2.40. The van der Waals surface area contributed by atoms with Gasteiger partial charge >= 0.3 is 12.1 Å². The summed E-state index contributed by atoms with van der Waals surface area (Å²) in [4.78, 5) is 31.6. The predicted molar refractivity (Wildman–Crippen MR) is 130 cm³/mol. The summed E-state index contributed by atoms with van der Waals surface area (Å²) in [7, 11) is 1.41. The molecule has 0 radical (unpaired) electrons. The van der Waals surface area contributed by atoms with Crippen molar-refractivity contribution in [3.8, 4) is 0 Å². The van der Waals surface area contributed by atoms with Gasteiger partial charge in [-0.1, -0.05) is 43.2 Å². The lowest BCUT2D eigenvalue weighted by Crippen LogP contribution is -2.42. The number of aromatic nitrogens is 2. The number of hydrogen-bond donors (Lipinski definition) is 1. The Hall–Kier alpha value is -3.35. The minimum absolute atomic E-state index is 0.0447. The van der Waals surface area contributed by atoms with E-state index < -0.39 is 11.9 Å². The van der Waals surface area contributed by atoms with Crippen molar-refractivity contribution in [2.75, 3.05) is 12.0 Å². The third kappa shape index (κ3) is 3.83. The molecule has 34 heavy (non-hydrogen) atoms. The number of ether oxygens (including phenoxy) is 1. The SMILES string of the molecule is COC(=O)N1c2ccc3c(nc(CC(C(=O)O)c4ccccc4)n3C3CCCC3)c2CC[C@@H]1C. The van der Waals surface area contributed by atoms with E-state index in [1.807, 2.05) is 43.3 Å². The number of fused-ring (bicyclic) bond motifs is 3. The number of rotatable bonds is 5. The third-order valence-corrected chi connectivity index (χ3v) is 7.48. The maximum atomic E-state index is 12.5. The van der Waals surface area contributed by atoms with Crippen LogP contribution in [0.25, 0.3) is 11.0 Å². The van der Waals surface area contributed by atoms with Crippen LogP contribution in [-0.2, 0) is 22.4 Å². The zero-order valence-electron chi connectivity index (χ0n) is 19.7. The molecular formula is C27H31N3O4. The number of imidazole rings is 1. The van der Waals surface area contributed by atoms with E-state index in [9.17, 15) is 14.7 Å². The van der Waals surface area contributed by atoms with Gasteiger partial charge in [-0.2, -0.15) is 0 Å². The van der Waals surface area contributed by atoms with E-state index in [2.05, 4.69) is 10.6 Å². The first-order valence-corrected chi connectivity index (χ1v) is 12.2. The number of carbonyl (C=O) groups is 2. The van der Waals surface area contributed by atoms with Crippen molar-refractivity contribution in [3.05, 3.63) is 59.4 Å². The number of amides is 1. The van der Waals surface area contributed by atoms with Gasteiger partial charge in [0.15, 0.2) is 0 Å². The fourth-order valence-electron chi connectivity index (χ4n) is 5.75. The normalized spacial score (nSPS) is 19.2. The minimum atomic E-state index is -0.844. The molecule has 1 aromatic heterocycles. The van der Waals surface area contributed by atoms with Crippen LogP contribution in [0.2, 0.25) is 0 Å². The Morgan fingerprint density at radius 3 is 2.53 bits per heavy atom. The molecule has 1 N–H and O–H groups in total. The van der Waals surface area contributed by atoms with E-state index in [0.29, 0.717) is 12.5 Å². The number of benzene rings is 2. The summed E-state index contributed by atoms with van der Waals surface area (Å²) in [6, 6.07) is 13.8. The van der Waals surface area contributed by atoms with Crippen LogP contribution in [0.3, 0.4) is 0 Å². The molecule has 7 nitrogen and oxygen atoms in total. The highest BCUT2D eigenvalue weighted by atomic mass is 16.5. The Kier molecular flexibility index (Phi) is 6.02. The van der Waals surface area contributed by atoms with Gasteiger partial charge in [-0.15, -0.1) is 0 Å². The van der Waals surface area contributed by atoms with Crippen molar-refractivity contribution in [1.29, 1.82) is 0 Å². The Balaban J connectivity index is 1.65. The first kappa shape index (κ1) is 22.4. The molecule has 5 rings (SSSR count). The lowest BCUT2D eigenvalue weighted by atomic mass is 9.95. The fourth-order valence-corrected chi connectivity index (χ4v) is 5.75. The van der Waals surface area contributed by atoms with E-state index in [-0.39, 0.29) is 12.1 Å². The van der Waals surface area contributed by atoms with Crippen LogP contribution < -0.4 is 4.90 Å². The lowest BCUT2D eigenvalue weighted by Gasteiger charge is -2.34. The first-order chi connectivity index (χ1) is 16.5. The standard InChI is InChI=1S/C27H31N3O4/c1-17-12-13-20-22(29(17)27(33)34-2)14-15-23-25(20)28-24(30(23)19-10-6-7-11-19)16-21(26(31)32)18-8-4-3-5-9-18/h3-5,8-9,14-15,17,19,21H,6-7,10-13,16H2,1-2H3,(H,31,32)/t17-,21?/m0/s1. The molecule has 1 fully saturated rings. The molecule has 1 unspecified atom stereocenters. The monoisotopic (exact) mass is 461 g/mol. The minimum Gasteiger partial charge on any atom is -0.481 e. The molecule has 0 bridgehead atoms. The smallest absolute Gasteiger partial charge is 0.414 e. The number of carboxylic acid groups (broad SMARTS) is 1. The predicted octanol–water partition coefficient (Wildman–Crippen LogP) is 5.47. The number of aliphatic carboxylic acids is 1. The number of aryl methyl sites for hydroxylation is 1. The number of carboxylic acids is 1. The van der Waals surface area contributed by atoms with Crippen LogP contribution in [0, 0.1) is 0 Å². The number of anilines is 1. The van der Waals surface area contributed by atoms with Crippen LogP contribution in [0.5, 0.6) is 0 Å². The molecule has 2 heterocycles. The molecule has 1 amide bonds. The Morgan fingerprint density at radius 1 is 1.12 bits per heavy atom. The largest absolute Gasteiger partial charge is 0.481 e. The number of hydrogen-bond acceptors (Lipinski definition) is 4. The van der Waals surface area contributed by atoms with Gasteiger partial charge in [-0.05, 0) is 50.3 Å². The van der Waals surface area contributed by atoms with Crippen molar-refractivity contribution >= 4 is 28.8 Å². The summed E-state index contributed by atoms with van der Waals surface area (Å²) >= 11 is 0. The van der Waals surface area contributed by atoms with Crippen molar-refractivity contribution in [1.82, 2.24) is 9.55 Å². The topological polar surface area (TPSA) is 84.7 Å². The highest BCUT2D eigenvalue weighted by molar-refractivity contribution is 5.95. The van der Waals surface area contributed by atoms with Gasteiger partial charge in [-0.3, -0.25) is 9.69 Å². The molecule has 1 saturated carbocycles. The van der Waals surface area contributed by atoms with E-state index in [1.165, 1.54) is 20.0 Å². The van der Waals surface area contributed by atoms with Crippen molar-refractivity contribution in [3.63, 3.8) is 0 Å². The molecule has 0 spiro atoms. The zero-order chi connectivity index (χ0) is 23.8. The molecule has 1 aliphatic heterocycles. The van der Waals surface area contributed by atoms with Crippen LogP contribution >= 0.6 is 0 Å². The summed E-state index contributed by atoms with van der Waals surface area (Å²) < 4.78 is 7.36. The second kappa shape index (κ2) is 9.12. The fraction of sp³-hybridized carbons (Fsp3) is 0.444. The van der Waals surface area contributed by atoms with Crippen molar-refractivity contribution < 1.29 is 19.4 Å². The van der Waals surface area contributed by atoms with E-state index in [0.717, 1.165) is 59.4 Å². The molecule has 0 saturated heterocycles. The summed E-state index contributed by atoms with van der Waals surface area (Å²) in [5.74, 6) is -0.695. The molecule has 178 valence electrons. The number of methoxy groups -OCH3 is 1. The molecule has 7 heteroatoms. The quantitative estimate of drug-likeness (QED) is 0.545. The lowest BCUT2D eigenvalue weighted by molar-refractivity contribution is -0.138. The van der Waals surface area contributed by atoms with Gasteiger partial charge in [0.25, 0.3) is 0 Å². The van der Waals surface area contributed by atoms with Gasteiger partial charge in [0, 0.05) is 24.1 Å². The summed E-state index contributed by atoms with van der Waals surface area (Å²) in [6.07, 6.45) is 6.10. The zero-order valence-corrected chi connectivity index (χ0v) is 19.7. The third-order valence-electron chi connectivity index (χ3n) is 7.48. The molecule has 3 aromatic rings. The van der Waals surface area contributed by atoms with Gasteiger partial charge in [-0.25, -0.2) is 9.78 Å². The Labute approximate surface area is 199 Å². The average molecular weight is 462 g/mol. The molecule has 2 atom stereocenters. The van der Waals surface area contributed by atoms with E-state index in [4.69, 9.17) is 9.72 Å². The van der Waals surface area contributed by atoms with Crippen LogP contribution in [0.15, 0.2) is 42.5 Å². The van der Waals surface area contributed by atoms with E-state index in [1.54, 1.807) is 4.90 Å². The average Bonchev–Trinajstić information content (AvgIpc) is 3.49. The molecule has 2 aromatic carbocycles. The van der Waals surface area contributed by atoms with E-state index >= 15 is 0 Å². The maximum Gasteiger partial charge on any atom is 0.414 e. The molecular weight excluding hydrogens is 430 g/mol. The summed E-state index contributed by atoms with van der Waals surface area (Å²) in [5.41, 5.74) is 4.60. The summed E-state index contributed by atoms with van der Waals surface area (Å²) in [6.45, 7) is 2.03. The highest BCUT2D eigenvalue weighted by Gasteiger charge is 2.33. The number of nitrogens with zero attached hydrogens (tertiary/aromatic N) is 3. The Morgan fingerprint density at radius 2 is 1.85 bits per heavy atom. The van der Waals surface area contributed by atoms with Crippen LogP contribution in [0.1, 0.15) is 67.9 Å². The van der Waals surface area contributed by atoms with Crippen molar-refractivity contribution in [2.45, 2.75) is 69.9 Å².